The molecule has 0 radical (unpaired) electrons. The number of carbonyl (C=O) groups is 1. The predicted octanol–water partition coefficient (Wildman–Crippen LogP) is 7.18. The molecule has 1 heterocycles. The molecule has 1 aliphatic rings. The second kappa shape index (κ2) is 10.7. The lowest BCUT2D eigenvalue weighted by molar-refractivity contribution is -0.274. The topological polar surface area (TPSA) is 74.6 Å². The monoisotopic (exact) mass is 533 g/mol. The van der Waals surface area contributed by atoms with Crippen LogP contribution in [0.4, 0.5) is 24.8 Å². The number of ether oxygens (including phenoxy) is 3. The van der Waals surface area contributed by atoms with Gasteiger partial charge in [-0.25, -0.2) is 4.98 Å². The zero-order valence-corrected chi connectivity index (χ0v) is 22.3. The third-order valence-corrected chi connectivity index (χ3v) is 6.99. The number of nitrogens with zero attached hydrogens (tertiary/aromatic N) is 2. The van der Waals surface area contributed by atoms with Crippen LogP contribution >= 0.6 is 0 Å². The summed E-state index contributed by atoms with van der Waals surface area (Å²) < 4.78 is 54.4. The Hall–Kier alpha value is -3.43. The first kappa shape index (κ1) is 27.6. The summed E-state index contributed by atoms with van der Waals surface area (Å²) in [4.78, 5) is 16.6. The van der Waals surface area contributed by atoms with Crippen LogP contribution in [-0.2, 0) is 16.0 Å². The summed E-state index contributed by atoms with van der Waals surface area (Å²) in [5.41, 5.74) is 3.18. The average Bonchev–Trinajstić information content (AvgIpc) is 3.17. The van der Waals surface area contributed by atoms with Gasteiger partial charge in [-0.2, -0.15) is 0 Å². The van der Waals surface area contributed by atoms with Gasteiger partial charge in [0.05, 0.1) is 25.3 Å². The fourth-order valence-electron chi connectivity index (χ4n) is 5.71. The normalized spacial score (nSPS) is 19.3. The standard InChI is InChI=1S/C28H34F3N3O4/c1-17-12-20(16-27(2,3)15-17)34-23-14-24(36-4)18(6-11-25(35)37-5)13-22(23)33-26(34)32-19-7-9-21(10-8-19)38-28(29,30)31/h7-10,13-14,17,20H,6,11-12,15-16H2,1-5H3,(H,32,33)/t17-,20?/m0/s1. The molecular formula is C28H34F3N3O4. The van der Waals surface area contributed by atoms with Gasteiger partial charge < -0.3 is 24.1 Å². The molecule has 7 nitrogen and oxygen atoms in total. The molecule has 0 amide bonds. The van der Waals surface area contributed by atoms with Crippen molar-refractivity contribution in [1.82, 2.24) is 9.55 Å². The first-order valence-corrected chi connectivity index (χ1v) is 12.7. The molecule has 0 spiro atoms. The van der Waals surface area contributed by atoms with Gasteiger partial charge in [0.1, 0.15) is 11.5 Å². The minimum absolute atomic E-state index is 0.136. The highest BCUT2D eigenvalue weighted by atomic mass is 19.4. The van der Waals surface area contributed by atoms with Crippen LogP contribution in [0, 0.1) is 11.3 Å². The van der Waals surface area contributed by atoms with Gasteiger partial charge >= 0.3 is 12.3 Å². The van der Waals surface area contributed by atoms with Crippen molar-refractivity contribution in [3.8, 4) is 11.5 Å². The molecule has 0 bridgehead atoms. The third-order valence-electron chi connectivity index (χ3n) is 6.99. The number of aromatic nitrogens is 2. The van der Waals surface area contributed by atoms with Crippen molar-refractivity contribution in [3.05, 3.63) is 42.0 Å². The molecule has 38 heavy (non-hydrogen) atoms. The van der Waals surface area contributed by atoms with E-state index in [1.807, 2.05) is 12.1 Å². The summed E-state index contributed by atoms with van der Waals surface area (Å²) in [7, 11) is 2.95. The summed E-state index contributed by atoms with van der Waals surface area (Å²) in [6.07, 6.45) is -1.06. The number of aryl methyl sites for hydroxylation is 1. The largest absolute Gasteiger partial charge is 0.573 e. The van der Waals surface area contributed by atoms with E-state index in [2.05, 4.69) is 35.4 Å². The van der Waals surface area contributed by atoms with Crippen molar-refractivity contribution in [3.63, 3.8) is 0 Å². The van der Waals surface area contributed by atoms with Gasteiger partial charge in [-0.05, 0) is 72.9 Å². The van der Waals surface area contributed by atoms with Crippen LogP contribution in [0.3, 0.4) is 0 Å². The summed E-state index contributed by atoms with van der Waals surface area (Å²) in [6, 6.07) is 9.62. The smallest absolute Gasteiger partial charge is 0.496 e. The average molecular weight is 534 g/mol. The number of alkyl halides is 3. The number of benzene rings is 2. The van der Waals surface area contributed by atoms with E-state index in [1.165, 1.54) is 31.4 Å². The summed E-state index contributed by atoms with van der Waals surface area (Å²) in [5, 5.41) is 3.31. The Bertz CT molecular complexity index is 1290. The number of rotatable bonds is 8. The molecule has 0 aliphatic heterocycles. The number of hydrogen-bond acceptors (Lipinski definition) is 6. The maximum absolute atomic E-state index is 12.6. The summed E-state index contributed by atoms with van der Waals surface area (Å²) >= 11 is 0. The highest BCUT2D eigenvalue weighted by molar-refractivity contribution is 5.83. The van der Waals surface area contributed by atoms with Crippen molar-refractivity contribution >= 4 is 28.6 Å². The molecule has 1 unspecified atom stereocenters. The van der Waals surface area contributed by atoms with E-state index < -0.39 is 6.36 Å². The van der Waals surface area contributed by atoms with E-state index in [9.17, 15) is 18.0 Å². The molecule has 3 aromatic rings. The molecule has 1 aromatic heterocycles. The number of hydrogen-bond donors (Lipinski definition) is 1. The Morgan fingerprint density at radius 3 is 2.47 bits per heavy atom. The van der Waals surface area contributed by atoms with Gasteiger partial charge in [-0.1, -0.05) is 20.8 Å². The lowest BCUT2D eigenvalue weighted by Gasteiger charge is -2.40. The number of halogens is 3. The highest BCUT2D eigenvalue weighted by Crippen LogP contribution is 2.46. The number of fused-ring (bicyclic) bond motifs is 1. The van der Waals surface area contributed by atoms with Crippen molar-refractivity contribution in [2.45, 2.75) is 65.3 Å². The van der Waals surface area contributed by atoms with E-state index in [0.29, 0.717) is 29.7 Å². The quantitative estimate of drug-likeness (QED) is 0.309. The number of methoxy groups -OCH3 is 2. The Balaban J connectivity index is 1.76. The molecule has 206 valence electrons. The molecule has 1 aliphatic carbocycles. The van der Waals surface area contributed by atoms with Gasteiger partial charge in [-0.15, -0.1) is 13.2 Å². The van der Waals surface area contributed by atoms with E-state index in [4.69, 9.17) is 14.5 Å². The predicted molar refractivity (Wildman–Crippen MR) is 139 cm³/mol. The number of esters is 1. The molecule has 10 heteroatoms. The second-order valence-electron chi connectivity index (χ2n) is 10.8. The minimum atomic E-state index is -4.75. The van der Waals surface area contributed by atoms with Gasteiger partial charge in [0, 0.05) is 24.2 Å². The molecule has 2 atom stereocenters. The molecular weight excluding hydrogens is 499 g/mol. The van der Waals surface area contributed by atoms with E-state index >= 15 is 0 Å². The van der Waals surface area contributed by atoms with Gasteiger partial charge in [0.2, 0.25) is 5.95 Å². The van der Waals surface area contributed by atoms with Crippen molar-refractivity contribution in [2.24, 2.45) is 11.3 Å². The van der Waals surface area contributed by atoms with Crippen molar-refractivity contribution in [1.29, 1.82) is 0 Å². The first-order valence-electron chi connectivity index (χ1n) is 12.7. The van der Waals surface area contributed by atoms with Gasteiger partial charge in [-0.3, -0.25) is 4.79 Å². The lowest BCUT2D eigenvalue weighted by Crippen LogP contribution is -2.29. The maximum atomic E-state index is 12.6. The first-order chi connectivity index (χ1) is 17.9. The Morgan fingerprint density at radius 1 is 1.16 bits per heavy atom. The summed E-state index contributed by atoms with van der Waals surface area (Å²) in [5.74, 6) is 1.15. The van der Waals surface area contributed by atoms with Crippen LogP contribution in [0.1, 0.15) is 58.1 Å². The van der Waals surface area contributed by atoms with Crippen LogP contribution in [0.15, 0.2) is 36.4 Å². The van der Waals surface area contributed by atoms with Crippen LogP contribution in [0.2, 0.25) is 0 Å². The number of nitrogens with one attached hydrogen (secondary N) is 1. The Labute approximate surface area is 220 Å². The Kier molecular flexibility index (Phi) is 7.80. The highest BCUT2D eigenvalue weighted by Gasteiger charge is 2.35. The van der Waals surface area contributed by atoms with Crippen molar-refractivity contribution < 1.29 is 32.2 Å². The molecule has 4 rings (SSSR count). The van der Waals surface area contributed by atoms with Crippen LogP contribution in [0.5, 0.6) is 11.5 Å². The summed E-state index contributed by atoms with van der Waals surface area (Å²) in [6.45, 7) is 6.80. The molecule has 1 fully saturated rings. The molecule has 1 saturated carbocycles. The molecule has 1 N–H and O–H groups in total. The fraction of sp³-hybridized carbons (Fsp3) is 0.500. The number of anilines is 2. The van der Waals surface area contributed by atoms with Crippen molar-refractivity contribution in [2.75, 3.05) is 19.5 Å². The van der Waals surface area contributed by atoms with Crippen LogP contribution in [0.25, 0.3) is 11.0 Å². The number of imidazole rings is 1. The lowest BCUT2D eigenvalue weighted by atomic mass is 9.70. The van der Waals surface area contributed by atoms with E-state index in [0.717, 1.165) is 35.9 Å². The van der Waals surface area contributed by atoms with E-state index in [-0.39, 0.29) is 29.6 Å². The Morgan fingerprint density at radius 2 is 1.87 bits per heavy atom. The minimum Gasteiger partial charge on any atom is -0.496 e. The number of carbonyl (C=O) groups excluding carboxylic acids is 1. The fourth-order valence-corrected chi connectivity index (χ4v) is 5.71. The molecule has 2 aromatic carbocycles. The maximum Gasteiger partial charge on any atom is 0.573 e. The second-order valence-corrected chi connectivity index (χ2v) is 10.8. The SMILES string of the molecule is COC(=O)CCc1cc2nc(Nc3ccc(OC(F)(F)F)cc3)n(C3C[C@H](C)CC(C)(C)C3)c2cc1OC. The third kappa shape index (κ3) is 6.52. The van der Waals surface area contributed by atoms with Crippen LogP contribution in [-0.4, -0.2) is 36.1 Å². The van der Waals surface area contributed by atoms with Gasteiger partial charge in [0.15, 0.2) is 0 Å². The van der Waals surface area contributed by atoms with Gasteiger partial charge in [0.25, 0.3) is 0 Å². The zero-order chi connectivity index (χ0) is 27.7. The van der Waals surface area contributed by atoms with E-state index in [1.54, 1.807) is 7.11 Å². The molecule has 0 saturated heterocycles. The van der Waals surface area contributed by atoms with Crippen LogP contribution < -0.4 is 14.8 Å². The zero-order valence-electron chi connectivity index (χ0n) is 22.3.